The van der Waals surface area contributed by atoms with Crippen LogP contribution in [0, 0.1) is 0 Å². The van der Waals surface area contributed by atoms with Crippen molar-refractivity contribution in [2.45, 2.75) is 12.8 Å². The van der Waals surface area contributed by atoms with Gasteiger partial charge in [-0.15, -0.1) is 0 Å². The van der Waals surface area contributed by atoms with E-state index in [0.29, 0.717) is 44.6 Å². The number of amides is 2. The zero-order chi connectivity index (χ0) is 17.9. The van der Waals surface area contributed by atoms with Crippen LogP contribution in [-0.4, -0.2) is 54.6 Å². The van der Waals surface area contributed by atoms with Crippen molar-refractivity contribution in [3.8, 4) is 11.5 Å². The average molecular weight is 356 g/mol. The summed E-state index contributed by atoms with van der Waals surface area (Å²) >= 11 is 0. The molecule has 1 aromatic carbocycles. The van der Waals surface area contributed by atoms with Crippen molar-refractivity contribution >= 4 is 11.8 Å². The summed E-state index contributed by atoms with van der Waals surface area (Å²) in [5.74, 6) is 1.55. The van der Waals surface area contributed by atoms with Gasteiger partial charge in [0.2, 0.25) is 12.7 Å². The molecule has 2 amide bonds. The fourth-order valence-corrected chi connectivity index (χ4v) is 3.23. The number of nitrogens with zero attached hydrogens (tertiary/aromatic N) is 2. The van der Waals surface area contributed by atoms with E-state index in [0.717, 1.165) is 17.1 Å². The quantitative estimate of drug-likeness (QED) is 0.837. The predicted molar refractivity (Wildman–Crippen MR) is 92.1 cm³/mol. The van der Waals surface area contributed by atoms with Crippen molar-refractivity contribution in [1.29, 1.82) is 0 Å². The highest BCUT2D eigenvalue weighted by atomic mass is 16.7. The number of benzene rings is 1. The van der Waals surface area contributed by atoms with Crippen LogP contribution in [0.1, 0.15) is 22.3 Å². The first-order valence-corrected chi connectivity index (χ1v) is 8.68. The maximum absolute atomic E-state index is 12.5. The monoisotopic (exact) mass is 356 g/mol. The van der Waals surface area contributed by atoms with Crippen LogP contribution in [0.4, 0.5) is 0 Å². The second kappa shape index (κ2) is 7.11. The Morgan fingerprint density at radius 3 is 2.50 bits per heavy atom. The van der Waals surface area contributed by atoms with Gasteiger partial charge in [0.25, 0.3) is 5.91 Å². The summed E-state index contributed by atoms with van der Waals surface area (Å²) in [7, 11) is 0. The number of carbonyl (C=O) groups is 2. The lowest BCUT2D eigenvalue weighted by Crippen LogP contribution is -2.50. The number of carbonyl (C=O) groups excluding carboxylic acids is 2. The SMILES string of the molecule is O=C(CCc1ccc2c(c1)OCO2)N1CCN(C(=O)c2ccoc2)CC1. The number of piperazine rings is 1. The van der Waals surface area contributed by atoms with E-state index in [9.17, 15) is 9.59 Å². The van der Waals surface area contributed by atoms with Crippen LogP contribution in [-0.2, 0) is 11.2 Å². The topological polar surface area (TPSA) is 72.2 Å². The van der Waals surface area contributed by atoms with Crippen molar-refractivity contribution in [3.63, 3.8) is 0 Å². The number of furan rings is 1. The van der Waals surface area contributed by atoms with Gasteiger partial charge in [0, 0.05) is 32.6 Å². The van der Waals surface area contributed by atoms with Gasteiger partial charge in [-0.05, 0) is 30.2 Å². The van der Waals surface area contributed by atoms with E-state index in [-0.39, 0.29) is 18.6 Å². The molecule has 0 unspecified atom stereocenters. The van der Waals surface area contributed by atoms with Crippen molar-refractivity contribution in [1.82, 2.24) is 9.80 Å². The molecule has 0 atom stereocenters. The van der Waals surface area contributed by atoms with E-state index < -0.39 is 0 Å². The number of hydrogen-bond acceptors (Lipinski definition) is 5. The van der Waals surface area contributed by atoms with Gasteiger partial charge in [-0.3, -0.25) is 9.59 Å². The van der Waals surface area contributed by atoms with Gasteiger partial charge in [0.1, 0.15) is 6.26 Å². The summed E-state index contributed by atoms with van der Waals surface area (Å²) in [6.45, 7) is 2.45. The number of aryl methyl sites for hydroxylation is 1. The van der Waals surface area contributed by atoms with Gasteiger partial charge in [0.15, 0.2) is 11.5 Å². The molecule has 0 saturated carbocycles. The Bertz CT molecular complexity index is 794. The summed E-state index contributed by atoms with van der Waals surface area (Å²) in [6, 6.07) is 7.42. The molecule has 0 radical (unpaired) electrons. The lowest BCUT2D eigenvalue weighted by molar-refractivity contribution is -0.132. The molecule has 7 nitrogen and oxygen atoms in total. The van der Waals surface area contributed by atoms with Crippen LogP contribution in [0.2, 0.25) is 0 Å². The van der Waals surface area contributed by atoms with Gasteiger partial charge in [-0.25, -0.2) is 0 Å². The Labute approximate surface area is 151 Å². The minimum Gasteiger partial charge on any atom is -0.472 e. The van der Waals surface area contributed by atoms with Crippen molar-refractivity contribution in [2.24, 2.45) is 0 Å². The fraction of sp³-hybridized carbons (Fsp3) is 0.368. The fourth-order valence-electron chi connectivity index (χ4n) is 3.23. The minimum atomic E-state index is -0.0498. The van der Waals surface area contributed by atoms with Gasteiger partial charge in [-0.1, -0.05) is 6.07 Å². The maximum Gasteiger partial charge on any atom is 0.257 e. The Hall–Kier alpha value is -2.96. The van der Waals surface area contributed by atoms with Gasteiger partial charge >= 0.3 is 0 Å². The summed E-state index contributed by atoms with van der Waals surface area (Å²) in [5.41, 5.74) is 1.60. The van der Waals surface area contributed by atoms with E-state index in [4.69, 9.17) is 13.9 Å². The van der Waals surface area contributed by atoms with E-state index in [1.54, 1.807) is 11.0 Å². The minimum absolute atomic E-state index is 0.0498. The lowest BCUT2D eigenvalue weighted by atomic mass is 10.1. The molecule has 1 saturated heterocycles. The van der Waals surface area contributed by atoms with Crippen LogP contribution in [0.3, 0.4) is 0 Å². The number of rotatable bonds is 4. The molecule has 0 aliphatic carbocycles. The zero-order valence-electron chi connectivity index (χ0n) is 14.3. The molecule has 1 fully saturated rings. The van der Waals surface area contributed by atoms with Crippen LogP contribution in [0.15, 0.2) is 41.2 Å². The molecular weight excluding hydrogens is 336 g/mol. The number of fused-ring (bicyclic) bond motifs is 1. The molecular formula is C19H20N2O5. The third kappa shape index (κ3) is 3.37. The third-order valence-corrected chi connectivity index (χ3v) is 4.75. The Kier molecular flexibility index (Phi) is 4.51. The van der Waals surface area contributed by atoms with Crippen LogP contribution in [0.5, 0.6) is 11.5 Å². The first-order chi connectivity index (χ1) is 12.7. The molecule has 136 valence electrons. The number of ether oxygens (including phenoxy) is 2. The van der Waals surface area contributed by atoms with E-state index in [1.807, 2.05) is 23.1 Å². The van der Waals surface area contributed by atoms with Gasteiger partial charge in [-0.2, -0.15) is 0 Å². The highest BCUT2D eigenvalue weighted by Crippen LogP contribution is 2.32. The second-order valence-corrected chi connectivity index (χ2v) is 6.37. The van der Waals surface area contributed by atoms with Crippen LogP contribution >= 0.6 is 0 Å². The molecule has 3 heterocycles. The first kappa shape index (κ1) is 16.5. The molecule has 0 N–H and O–H groups in total. The van der Waals surface area contributed by atoms with Crippen molar-refractivity contribution in [3.05, 3.63) is 47.9 Å². The van der Waals surface area contributed by atoms with E-state index in [1.165, 1.54) is 12.5 Å². The molecule has 7 heteroatoms. The highest BCUT2D eigenvalue weighted by Gasteiger charge is 2.25. The largest absolute Gasteiger partial charge is 0.472 e. The standard InChI is InChI=1S/C19H20N2O5/c22-18(4-2-14-1-3-16-17(11-14)26-13-25-16)20-6-8-21(9-7-20)19(23)15-5-10-24-12-15/h1,3,5,10-12H,2,4,6-9,13H2. The second-order valence-electron chi connectivity index (χ2n) is 6.37. The van der Waals surface area contributed by atoms with Crippen LogP contribution < -0.4 is 9.47 Å². The molecule has 26 heavy (non-hydrogen) atoms. The summed E-state index contributed by atoms with van der Waals surface area (Å²) < 4.78 is 15.6. The normalized spacial score (nSPS) is 16.0. The molecule has 2 aromatic rings. The lowest BCUT2D eigenvalue weighted by Gasteiger charge is -2.34. The molecule has 0 spiro atoms. The molecule has 2 aliphatic heterocycles. The van der Waals surface area contributed by atoms with E-state index in [2.05, 4.69) is 0 Å². The molecule has 4 rings (SSSR count). The zero-order valence-corrected chi connectivity index (χ0v) is 14.3. The first-order valence-electron chi connectivity index (χ1n) is 8.68. The average Bonchev–Trinajstić information content (AvgIpc) is 3.37. The van der Waals surface area contributed by atoms with E-state index >= 15 is 0 Å². The Balaban J connectivity index is 1.26. The predicted octanol–water partition coefficient (Wildman–Crippen LogP) is 1.93. The maximum atomic E-state index is 12.5. The Morgan fingerprint density at radius 2 is 1.73 bits per heavy atom. The molecule has 0 bridgehead atoms. The van der Waals surface area contributed by atoms with Crippen LogP contribution in [0.25, 0.3) is 0 Å². The summed E-state index contributed by atoms with van der Waals surface area (Å²) in [5, 5.41) is 0. The third-order valence-electron chi connectivity index (χ3n) is 4.75. The van der Waals surface area contributed by atoms with Crippen molar-refractivity contribution < 1.29 is 23.5 Å². The summed E-state index contributed by atoms with van der Waals surface area (Å²) in [4.78, 5) is 28.3. The Morgan fingerprint density at radius 1 is 0.962 bits per heavy atom. The highest BCUT2D eigenvalue weighted by molar-refractivity contribution is 5.94. The molecule has 1 aromatic heterocycles. The molecule has 2 aliphatic rings. The van der Waals surface area contributed by atoms with Crippen molar-refractivity contribution in [2.75, 3.05) is 33.0 Å². The summed E-state index contributed by atoms with van der Waals surface area (Å²) in [6.07, 6.45) is 4.04. The smallest absolute Gasteiger partial charge is 0.257 e. The van der Waals surface area contributed by atoms with Gasteiger partial charge in [0.05, 0.1) is 11.8 Å². The number of hydrogen-bond donors (Lipinski definition) is 0. The van der Waals surface area contributed by atoms with Gasteiger partial charge < -0.3 is 23.7 Å².